The summed E-state index contributed by atoms with van der Waals surface area (Å²) in [5, 5.41) is 10.7. The lowest BCUT2D eigenvalue weighted by Crippen LogP contribution is -2.58. The van der Waals surface area contributed by atoms with Crippen molar-refractivity contribution in [3.8, 4) is 11.1 Å². The predicted octanol–water partition coefficient (Wildman–Crippen LogP) is 4.04. The van der Waals surface area contributed by atoms with Gasteiger partial charge in [-0.15, -0.1) is 0 Å². The number of hydrogen-bond acceptors (Lipinski definition) is 5. The van der Waals surface area contributed by atoms with Gasteiger partial charge in [-0.25, -0.2) is 13.6 Å². The first kappa shape index (κ1) is 31.3. The molecule has 1 aliphatic heterocycles. The molecule has 1 fully saturated rings. The quantitative estimate of drug-likeness (QED) is 0.440. The van der Waals surface area contributed by atoms with Gasteiger partial charge in [0.1, 0.15) is 11.6 Å². The van der Waals surface area contributed by atoms with Crippen LogP contribution in [-0.4, -0.2) is 44.5 Å². The lowest BCUT2D eigenvalue weighted by Gasteiger charge is -2.32. The maximum atomic E-state index is 13.7. The molecule has 40 heavy (non-hydrogen) atoms. The maximum Gasteiger partial charge on any atom is 0.253 e. The molecule has 1 atom stereocenters. The van der Waals surface area contributed by atoms with Gasteiger partial charge >= 0.3 is 0 Å². The molecule has 0 bridgehead atoms. The number of primary sulfonamides is 1. The summed E-state index contributed by atoms with van der Waals surface area (Å²) in [4.78, 5) is 41.5. The van der Waals surface area contributed by atoms with Gasteiger partial charge in [0.25, 0.3) is 5.91 Å². The fourth-order valence-electron chi connectivity index (χ4n) is 5.26. The fraction of sp³-hybridized carbons (Fsp3) is 0.500. The zero-order valence-electron chi connectivity index (χ0n) is 23.9. The molecule has 1 heterocycles. The van der Waals surface area contributed by atoms with E-state index in [2.05, 4.69) is 29.6 Å². The molecule has 1 saturated carbocycles. The molecule has 2 aromatic rings. The molecule has 4 rings (SSSR count). The number of nitrogens with zero attached hydrogens (tertiary/aromatic N) is 1. The van der Waals surface area contributed by atoms with Crippen LogP contribution < -0.4 is 20.7 Å². The summed E-state index contributed by atoms with van der Waals surface area (Å²) >= 11 is 0. The highest BCUT2D eigenvalue weighted by Crippen LogP contribution is 2.40. The third kappa shape index (κ3) is 7.69. The number of rotatable bonds is 8. The van der Waals surface area contributed by atoms with E-state index in [4.69, 9.17) is 0 Å². The van der Waals surface area contributed by atoms with E-state index in [-0.39, 0.29) is 23.5 Å². The minimum absolute atomic E-state index is 0.0903. The van der Waals surface area contributed by atoms with Gasteiger partial charge in [0.05, 0.1) is 11.4 Å². The number of nitrogens with one attached hydrogen (secondary N) is 2. The van der Waals surface area contributed by atoms with Gasteiger partial charge in [-0.3, -0.25) is 14.4 Å². The summed E-state index contributed by atoms with van der Waals surface area (Å²) in [5.41, 5.74) is 2.51. The Kier molecular flexibility index (Phi) is 10.5. The largest absolute Gasteiger partial charge is 0.342 e. The van der Waals surface area contributed by atoms with Crippen LogP contribution in [-0.2, 0) is 24.4 Å². The highest BCUT2D eigenvalue weighted by atomic mass is 32.2. The summed E-state index contributed by atoms with van der Waals surface area (Å²) in [5.74, 6) is -0.0582. The van der Waals surface area contributed by atoms with Crippen LogP contribution in [0.1, 0.15) is 77.3 Å². The third-order valence-corrected chi connectivity index (χ3v) is 8.37. The molecule has 2 aromatic carbocycles. The predicted molar refractivity (Wildman–Crippen MR) is 158 cm³/mol. The molecule has 218 valence electrons. The number of fused-ring (bicyclic) bond motifs is 3. The number of amides is 3. The molecule has 10 heteroatoms. The summed E-state index contributed by atoms with van der Waals surface area (Å²) in [6.45, 7) is 5.92. The van der Waals surface area contributed by atoms with Crippen molar-refractivity contribution >= 4 is 33.4 Å². The Balaban J connectivity index is 0.000000559. The van der Waals surface area contributed by atoms with E-state index >= 15 is 0 Å². The third-order valence-electron chi connectivity index (χ3n) is 7.39. The average Bonchev–Trinajstić information content (AvgIpc) is 3.36. The molecule has 3 amide bonds. The second kappa shape index (κ2) is 13.4. The summed E-state index contributed by atoms with van der Waals surface area (Å²) in [6, 6.07) is 14.7. The van der Waals surface area contributed by atoms with Crippen LogP contribution in [0.3, 0.4) is 0 Å². The van der Waals surface area contributed by atoms with E-state index in [9.17, 15) is 22.8 Å². The molecule has 1 aliphatic carbocycles. The zero-order chi connectivity index (χ0) is 29.5. The molecular weight excluding hydrogens is 528 g/mol. The molecular formula is C30H42N4O5S. The molecule has 4 N–H and O–H groups in total. The van der Waals surface area contributed by atoms with Crippen LogP contribution in [0.5, 0.6) is 0 Å². The van der Waals surface area contributed by atoms with Crippen molar-refractivity contribution in [3.63, 3.8) is 0 Å². The first-order valence-corrected chi connectivity index (χ1v) is 15.7. The van der Waals surface area contributed by atoms with Crippen LogP contribution in [0.15, 0.2) is 48.5 Å². The van der Waals surface area contributed by atoms with Gasteiger partial charge < -0.3 is 15.5 Å². The highest BCUT2D eigenvalue weighted by molar-refractivity contribution is 7.89. The number of hydrogen-bond donors (Lipinski definition) is 3. The number of para-hydroxylation sites is 1. The van der Waals surface area contributed by atoms with Crippen LogP contribution in [0.2, 0.25) is 0 Å². The molecule has 9 nitrogen and oxygen atoms in total. The van der Waals surface area contributed by atoms with Crippen molar-refractivity contribution in [1.29, 1.82) is 0 Å². The monoisotopic (exact) mass is 570 g/mol. The number of likely N-dealkylation sites (N-methyl/N-ethyl adjacent to an activating group) is 1. The van der Waals surface area contributed by atoms with E-state index in [1.807, 2.05) is 48.5 Å². The standard InChI is InChI=1S/C27H33N3O3.C3H9NO2S/c1-18(2)14-15-23(31)29-27(16-8-9-17-27)26(33)28-24-21-12-5-4-10-19(21)20-11-6-7-13-22(20)30(3)25(24)32;1-2-3-7(4,5)6/h4-7,10-13,18,24H,8-9,14-17H2,1-3H3,(H,28,33)(H,29,31);2-3H2,1H3,(H2,4,5,6). The zero-order valence-corrected chi connectivity index (χ0v) is 24.7. The Bertz CT molecular complexity index is 1320. The lowest BCUT2D eigenvalue weighted by atomic mass is 9.92. The van der Waals surface area contributed by atoms with E-state index < -0.39 is 21.6 Å². The first-order chi connectivity index (χ1) is 18.9. The normalized spacial score (nSPS) is 17.7. The van der Waals surface area contributed by atoms with Gasteiger partial charge in [0.15, 0.2) is 0 Å². The summed E-state index contributed by atoms with van der Waals surface area (Å²) in [7, 11) is -1.43. The Morgan fingerprint density at radius 3 is 2.23 bits per heavy atom. The molecule has 0 spiro atoms. The van der Waals surface area contributed by atoms with E-state index in [0.717, 1.165) is 41.6 Å². The maximum absolute atomic E-state index is 13.7. The van der Waals surface area contributed by atoms with Crippen LogP contribution in [0.25, 0.3) is 11.1 Å². The topological polar surface area (TPSA) is 139 Å². The molecule has 1 unspecified atom stereocenters. The van der Waals surface area contributed by atoms with Crippen LogP contribution in [0, 0.1) is 5.92 Å². The molecule has 0 aromatic heterocycles. The van der Waals surface area contributed by atoms with Gasteiger partial charge in [0, 0.05) is 19.0 Å². The Hall–Kier alpha value is -3.24. The van der Waals surface area contributed by atoms with E-state index in [0.29, 0.717) is 31.6 Å². The minimum Gasteiger partial charge on any atom is -0.342 e. The van der Waals surface area contributed by atoms with Crippen LogP contribution in [0.4, 0.5) is 5.69 Å². The van der Waals surface area contributed by atoms with E-state index in [1.165, 1.54) is 0 Å². The molecule has 0 saturated heterocycles. The number of anilines is 1. The van der Waals surface area contributed by atoms with Gasteiger partial charge in [0.2, 0.25) is 21.8 Å². The summed E-state index contributed by atoms with van der Waals surface area (Å²) in [6.07, 6.45) is 4.70. The van der Waals surface area contributed by atoms with Gasteiger partial charge in [-0.1, -0.05) is 76.1 Å². The number of carbonyl (C=O) groups is 3. The second-order valence-corrected chi connectivity index (χ2v) is 12.8. The minimum atomic E-state index is -3.17. The fourth-order valence-corrected chi connectivity index (χ4v) is 5.83. The van der Waals surface area contributed by atoms with Crippen molar-refractivity contribution in [2.45, 2.75) is 77.3 Å². The second-order valence-electron chi connectivity index (χ2n) is 11.0. The molecule has 0 radical (unpaired) electrons. The number of benzene rings is 2. The van der Waals surface area contributed by atoms with Gasteiger partial charge in [-0.2, -0.15) is 0 Å². The summed E-state index contributed by atoms with van der Waals surface area (Å²) < 4.78 is 20.0. The smallest absolute Gasteiger partial charge is 0.253 e. The highest BCUT2D eigenvalue weighted by Gasteiger charge is 2.44. The first-order valence-electron chi connectivity index (χ1n) is 14.0. The number of sulfonamides is 1. The van der Waals surface area contributed by atoms with Crippen molar-refractivity contribution in [2.75, 3.05) is 17.7 Å². The van der Waals surface area contributed by atoms with Crippen molar-refractivity contribution in [1.82, 2.24) is 10.6 Å². The van der Waals surface area contributed by atoms with Crippen molar-refractivity contribution < 1.29 is 22.8 Å². The van der Waals surface area contributed by atoms with Crippen LogP contribution >= 0.6 is 0 Å². The molecule has 2 aliphatic rings. The average molecular weight is 571 g/mol. The number of carbonyl (C=O) groups excluding carboxylic acids is 3. The van der Waals surface area contributed by atoms with Gasteiger partial charge in [-0.05, 0) is 48.8 Å². The lowest BCUT2D eigenvalue weighted by molar-refractivity contribution is -0.135. The number of nitrogens with two attached hydrogens (primary N) is 1. The Labute approximate surface area is 237 Å². The Morgan fingerprint density at radius 1 is 1.05 bits per heavy atom. The SMILES string of the molecule is CC(C)CCC(=O)NC1(C(=O)NC2C(=O)N(C)c3ccccc3-c3ccccc32)CCCC1.CCCS(N)(=O)=O. The van der Waals surface area contributed by atoms with Crippen molar-refractivity contribution in [2.24, 2.45) is 11.1 Å². The van der Waals surface area contributed by atoms with Crippen molar-refractivity contribution in [3.05, 3.63) is 54.1 Å². The Morgan fingerprint density at radius 2 is 1.65 bits per heavy atom. The van der Waals surface area contributed by atoms with E-state index in [1.54, 1.807) is 18.9 Å².